The monoisotopic (exact) mass is 445 g/mol. The Labute approximate surface area is 140 Å². The van der Waals surface area contributed by atoms with Crippen LogP contribution in [0.2, 0.25) is 0 Å². The molecule has 2 rings (SSSR count). The van der Waals surface area contributed by atoms with Crippen molar-refractivity contribution in [3.05, 3.63) is 50.0 Å². The van der Waals surface area contributed by atoms with E-state index in [1.54, 1.807) is 6.21 Å². The number of hydrogen-bond acceptors (Lipinski definition) is 3. The number of phenolic OH excluding ortho intramolecular Hbond substituents is 1. The van der Waals surface area contributed by atoms with Gasteiger partial charge in [-0.25, -0.2) is 0 Å². The molecule has 0 saturated heterocycles. The van der Waals surface area contributed by atoms with Gasteiger partial charge in [0.2, 0.25) is 0 Å². The molecule has 1 N–H and O–H groups in total. The topological polar surface area (TPSA) is 41.8 Å². The predicted octanol–water partition coefficient (Wildman–Crippen LogP) is 4.91. The second kappa shape index (κ2) is 7.08. The van der Waals surface area contributed by atoms with Gasteiger partial charge in [0.15, 0.2) is 0 Å². The Hall–Kier alpha value is -1.08. The van der Waals surface area contributed by atoms with Crippen molar-refractivity contribution < 1.29 is 9.84 Å². The Balaban J connectivity index is 2.21. The smallest absolute Gasteiger partial charge is 0.137 e. The van der Waals surface area contributed by atoms with Crippen LogP contribution in [0.25, 0.3) is 0 Å². The third-order valence-electron chi connectivity index (χ3n) is 2.56. The van der Waals surface area contributed by atoms with Gasteiger partial charge < -0.3 is 9.84 Å². The minimum absolute atomic E-state index is 0.239. The molecule has 0 atom stereocenters. The first-order chi connectivity index (χ1) is 9.60. The molecule has 0 aliphatic carbocycles. The highest BCUT2D eigenvalue weighted by Gasteiger charge is 2.05. The maximum atomic E-state index is 9.97. The van der Waals surface area contributed by atoms with Crippen molar-refractivity contribution in [1.82, 2.24) is 0 Å². The summed E-state index contributed by atoms with van der Waals surface area (Å²) >= 11 is 5.49. The van der Waals surface area contributed by atoms with E-state index in [0.717, 1.165) is 19.5 Å². The molecule has 20 heavy (non-hydrogen) atoms. The van der Waals surface area contributed by atoms with E-state index in [9.17, 15) is 5.11 Å². The Morgan fingerprint density at radius 3 is 2.65 bits per heavy atom. The van der Waals surface area contributed by atoms with Gasteiger partial charge in [0, 0.05) is 16.3 Å². The summed E-state index contributed by atoms with van der Waals surface area (Å²) in [5, 5.41) is 9.97. The molecule has 2 aromatic carbocycles. The molecular weight excluding hydrogens is 433 g/mol. The van der Waals surface area contributed by atoms with E-state index in [1.165, 1.54) is 0 Å². The fourth-order valence-electron chi connectivity index (χ4n) is 1.62. The summed E-state index contributed by atoms with van der Waals surface area (Å²) in [6.07, 6.45) is 1.65. The first-order valence-electron chi connectivity index (χ1n) is 6.05. The van der Waals surface area contributed by atoms with Crippen LogP contribution in [0.1, 0.15) is 12.5 Å². The second-order valence-electron chi connectivity index (χ2n) is 4.01. The molecule has 0 aliphatic rings. The number of halogens is 2. The van der Waals surface area contributed by atoms with Crippen molar-refractivity contribution in [2.24, 2.45) is 4.99 Å². The molecule has 0 heterocycles. The SMILES string of the molecule is CCOc1ccc(N=Cc2cc(Br)cc(I)c2O)cc1. The van der Waals surface area contributed by atoms with Crippen molar-refractivity contribution in [1.29, 1.82) is 0 Å². The molecule has 0 aromatic heterocycles. The number of rotatable bonds is 4. The van der Waals surface area contributed by atoms with Gasteiger partial charge in [0.25, 0.3) is 0 Å². The van der Waals surface area contributed by atoms with E-state index in [1.807, 2.05) is 43.3 Å². The molecule has 0 saturated carbocycles. The average molecular weight is 446 g/mol. The Bertz CT molecular complexity index is 627. The summed E-state index contributed by atoms with van der Waals surface area (Å²) in [4.78, 5) is 4.36. The van der Waals surface area contributed by atoms with E-state index >= 15 is 0 Å². The minimum atomic E-state index is 0.239. The van der Waals surface area contributed by atoms with Crippen molar-refractivity contribution in [3.63, 3.8) is 0 Å². The lowest BCUT2D eigenvalue weighted by Gasteiger charge is -2.04. The van der Waals surface area contributed by atoms with Crippen LogP contribution in [0, 0.1) is 3.57 Å². The second-order valence-corrected chi connectivity index (χ2v) is 6.09. The summed E-state index contributed by atoms with van der Waals surface area (Å²) in [6, 6.07) is 11.2. The molecule has 0 amide bonds. The zero-order chi connectivity index (χ0) is 14.5. The van der Waals surface area contributed by atoms with Crippen molar-refractivity contribution in [2.75, 3.05) is 6.61 Å². The van der Waals surface area contributed by atoms with E-state index in [4.69, 9.17) is 4.74 Å². The number of hydrogen-bond donors (Lipinski definition) is 1. The molecule has 0 unspecified atom stereocenters. The Kier molecular flexibility index (Phi) is 5.42. The van der Waals surface area contributed by atoms with Crippen LogP contribution in [0.5, 0.6) is 11.5 Å². The summed E-state index contributed by atoms with van der Waals surface area (Å²) in [5.74, 6) is 1.06. The minimum Gasteiger partial charge on any atom is -0.506 e. The number of aliphatic imine (C=N–C) groups is 1. The normalized spacial score (nSPS) is 10.9. The van der Waals surface area contributed by atoms with Crippen molar-refractivity contribution in [3.8, 4) is 11.5 Å². The maximum Gasteiger partial charge on any atom is 0.137 e. The predicted molar refractivity (Wildman–Crippen MR) is 93.4 cm³/mol. The number of aromatic hydroxyl groups is 1. The number of nitrogens with zero attached hydrogens (tertiary/aromatic N) is 1. The fraction of sp³-hybridized carbons (Fsp3) is 0.133. The summed E-state index contributed by atoms with van der Waals surface area (Å²) in [5.41, 5.74) is 1.49. The van der Waals surface area contributed by atoms with Crippen LogP contribution in [0.3, 0.4) is 0 Å². The third kappa shape index (κ3) is 3.96. The molecule has 0 aliphatic heterocycles. The Morgan fingerprint density at radius 2 is 2.00 bits per heavy atom. The fourth-order valence-corrected chi connectivity index (χ4v) is 3.17. The maximum absolute atomic E-state index is 9.97. The number of benzene rings is 2. The summed E-state index contributed by atoms with van der Waals surface area (Å²) < 4.78 is 7.07. The van der Waals surface area contributed by atoms with Gasteiger partial charge in [-0.1, -0.05) is 15.9 Å². The van der Waals surface area contributed by atoms with Crippen LogP contribution >= 0.6 is 38.5 Å². The molecule has 0 bridgehead atoms. The van der Waals surface area contributed by atoms with Gasteiger partial charge in [0.05, 0.1) is 15.9 Å². The highest BCUT2D eigenvalue weighted by molar-refractivity contribution is 14.1. The molecule has 0 fully saturated rings. The van der Waals surface area contributed by atoms with Gasteiger partial charge in [-0.05, 0) is 65.9 Å². The van der Waals surface area contributed by atoms with E-state index < -0.39 is 0 Å². The molecular formula is C15H13BrINO2. The standard InChI is InChI=1S/C15H13BrINO2/c1-2-20-13-5-3-12(4-6-13)18-9-10-7-11(16)8-14(17)15(10)19/h3-9,19H,2H2,1H3. The van der Waals surface area contributed by atoms with Crippen molar-refractivity contribution >= 4 is 50.4 Å². The molecule has 0 spiro atoms. The van der Waals surface area contributed by atoms with E-state index in [2.05, 4.69) is 43.5 Å². The molecule has 3 nitrogen and oxygen atoms in total. The summed E-state index contributed by atoms with van der Waals surface area (Å²) in [6.45, 7) is 2.59. The van der Waals surface area contributed by atoms with Crippen LogP contribution in [-0.2, 0) is 0 Å². The summed E-state index contributed by atoms with van der Waals surface area (Å²) in [7, 11) is 0. The van der Waals surface area contributed by atoms with Gasteiger partial charge in [-0.2, -0.15) is 0 Å². The molecule has 2 aromatic rings. The van der Waals surface area contributed by atoms with Gasteiger partial charge in [-0.3, -0.25) is 4.99 Å². The van der Waals surface area contributed by atoms with Crippen LogP contribution < -0.4 is 4.74 Å². The third-order valence-corrected chi connectivity index (χ3v) is 3.84. The first-order valence-corrected chi connectivity index (χ1v) is 7.92. The van der Waals surface area contributed by atoms with Gasteiger partial charge in [-0.15, -0.1) is 0 Å². The van der Waals surface area contributed by atoms with Crippen LogP contribution in [0.4, 0.5) is 5.69 Å². The zero-order valence-corrected chi connectivity index (χ0v) is 14.6. The van der Waals surface area contributed by atoms with Crippen molar-refractivity contribution in [2.45, 2.75) is 6.92 Å². The lowest BCUT2D eigenvalue weighted by atomic mass is 10.2. The highest BCUT2D eigenvalue weighted by Crippen LogP contribution is 2.28. The lowest BCUT2D eigenvalue weighted by Crippen LogP contribution is -1.90. The molecule has 0 radical (unpaired) electrons. The number of ether oxygens (including phenoxy) is 1. The van der Waals surface area contributed by atoms with E-state index in [0.29, 0.717) is 12.2 Å². The Morgan fingerprint density at radius 1 is 1.30 bits per heavy atom. The molecule has 104 valence electrons. The van der Waals surface area contributed by atoms with Crippen LogP contribution in [0.15, 0.2) is 45.9 Å². The first kappa shape index (κ1) is 15.3. The largest absolute Gasteiger partial charge is 0.506 e. The number of phenols is 1. The average Bonchev–Trinajstić information content (AvgIpc) is 2.43. The van der Waals surface area contributed by atoms with Crippen LogP contribution in [-0.4, -0.2) is 17.9 Å². The molecule has 5 heteroatoms. The van der Waals surface area contributed by atoms with Gasteiger partial charge >= 0.3 is 0 Å². The van der Waals surface area contributed by atoms with Gasteiger partial charge in [0.1, 0.15) is 11.5 Å². The van der Waals surface area contributed by atoms with E-state index in [-0.39, 0.29) is 5.75 Å². The lowest BCUT2D eigenvalue weighted by molar-refractivity contribution is 0.340. The highest BCUT2D eigenvalue weighted by atomic mass is 127. The zero-order valence-electron chi connectivity index (χ0n) is 10.8. The quantitative estimate of drug-likeness (QED) is 0.536.